The van der Waals surface area contributed by atoms with E-state index in [0.717, 1.165) is 0 Å². The van der Waals surface area contributed by atoms with Gasteiger partial charge < -0.3 is 19.3 Å². The first kappa shape index (κ1) is 16.6. The Balaban J connectivity index is 2.27. The molecule has 0 saturated heterocycles. The third kappa shape index (κ3) is 2.33. The lowest BCUT2D eigenvalue weighted by Gasteiger charge is -2.47. The fraction of sp³-hybridized carbons (Fsp3) is 0.316. The predicted molar refractivity (Wildman–Crippen MR) is 87.7 cm³/mol. The summed E-state index contributed by atoms with van der Waals surface area (Å²) < 4.78 is 17.4. The topological polar surface area (TPSA) is 65.0 Å². The van der Waals surface area contributed by atoms with E-state index in [1.165, 1.54) is 0 Å². The highest BCUT2D eigenvalue weighted by atomic mass is 16.8. The van der Waals surface area contributed by atoms with E-state index in [2.05, 4.69) is 0 Å². The van der Waals surface area contributed by atoms with Crippen molar-refractivity contribution in [2.75, 3.05) is 13.2 Å². The number of ether oxygens (including phenoxy) is 3. The summed E-state index contributed by atoms with van der Waals surface area (Å²) in [6.07, 6.45) is 0. The number of fused-ring (bicyclic) bond motifs is 1. The molecule has 2 aromatic rings. The van der Waals surface area contributed by atoms with Crippen LogP contribution in [0.25, 0.3) is 0 Å². The Kier molecular flexibility index (Phi) is 4.41. The lowest BCUT2D eigenvalue weighted by molar-refractivity contribution is -0.358. The Hall–Kier alpha value is -2.21. The van der Waals surface area contributed by atoms with Crippen LogP contribution in [0.5, 0.6) is 5.75 Å². The molecule has 0 saturated carbocycles. The molecule has 0 amide bonds. The van der Waals surface area contributed by atoms with E-state index in [-0.39, 0.29) is 18.8 Å². The van der Waals surface area contributed by atoms with Crippen molar-refractivity contribution < 1.29 is 24.1 Å². The molecule has 0 spiro atoms. The monoisotopic (exact) mass is 328 g/mol. The molecule has 0 unspecified atom stereocenters. The minimum Gasteiger partial charge on any atom is -0.451 e. The predicted octanol–water partition coefficient (Wildman–Crippen LogP) is 2.88. The van der Waals surface area contributed by atoms with Crippen molar-refractivity contribution in [1.82, 2.24) is 0 Å². The second kappa shape index (κ2) is 6.36. The number of para-hydroxylation sites is 1. The average molecular weight is 328 g/mol. The molecule has 0 radical (unpaired) electrons. The van der Waals surface area contributed by atoms with Gasteiger partial charge in [0, 0.05) is 18.8 Å². The summed E-state index contributed by atoms with van der Waals surface area (Å²) in [6.45, 7) is 3.81. The van der Waals surface area contributed by atoms with E-state index in [4.69, 9.17) is 14.2 Å². The van der Waals surface area contributed by atoms with Crippen LogP contribution in [0.1, 0.15) is 29.8 Å². The molecule has 0 aromatic heterocycles. The van der Waals surface area contributed by atoms with Gasteiger partial charge in [-0.05, 0) is 26.0 Å². The molecular weight excluding hydrogens is 308 g/mol. The van der Waals surface area contributed by atoms with Crippen molar-refractivity contribution in [2.24, 2.45) is 0 Å². The molecule has 0 aliphatic carbocycles. The van der Waals surface area contributed by atoms with Gasteiger partial charge in [-0.1, -0.05) is 42.5 Å². The van der Waals surface area contributed by atoms with Crippen LogP contribution in [0.15, 0.2) is 54.6 Å². The Labute approximate surface area is 140 Å². The standard InChI is InChI=1S/C19H20O5/c1-3-22-18(21)17(20)15-12-8-9-13-16(15)24-19(18,23-4-2)14-10-6-5-7-11-14/h5-13,21H,3-4H2,1-2H3/t18-,19+/m1/s1. The molecule has 2 aromatic carbocycles. The van der Waals surface area contributed by atoms with Crippen LogP contribution in [-0.2, 0) is 15.3 Å². The minimum absolute atomic E-state index is 0.120. The Morgan fingerprint density at radius 1 is 0.958 bits per heavy atom. The van der Waals surface area contributed by atoms with Gasteiger partial charge >= 0.3 is 5.79 Å². The molecule has 1 heterocycles. The smallest absolute Gasteiger partial charge is 0.304 e. The van der Waals surface area contributed by atoms with Gasteiger partial charge in [0.05, 0.1) is 5.56 Å². The zero-order chi connectivity index (χ0) is 17.2. The molecule has 5 heteroatoms. The molecule has 5 nitrogen and oxygen atoms in total. The van der Waals surface area contributed by atoms with Crippen molar-refractivity contribution in [3.8, 4) is 5.75 Å². The fourth-order valence-electron chi connectivity index (χ4n) is 2.99. The highest BCUT2D eigenvalue weighted by Crippen LogP contribution is 2.47. The van der Waals surface area contributed by atoms with Gasteiger partial charge in [0.25, 0.3) is 5.79 Å². The van der Waals surface area contributed by atoms with Crippen LogP contribution in [0.3, 0.4) is 0 Å². The number of hydrogen-bond acceptors (Lipinski definition) is 5. The Bertz CT molecular complexity index is 730. The average Bonchev–Trinajstić information content (AvgIpc) is 2.61. The quantitative estimate of drug-likeness (QED) is 0.855. The van der Waals surface area contributed by atoms with Gasteiger partial charge in [-0.2, -0.15) is 0 Å². The fourth-order valence-corrected chi connectivity index (χ4v) is 2.99. The summed E-state index contributed by atoms with van der Waals surface area (Å²) in [5.41, 5.74) is 0.769. The van der Waals surface area contributed by atoms with Crippen molar-refractivity contribution in [3.05, 3.63) is 65.7 Å². The molecule has 2 atom stereocenters. The van der Waals surface area contributed by atoms with Gasteiger partial charge in [-0.3, -0.25) is 4.79 Å². The molecule has 126 valence electrons. The van der Waals surface area contributed by atoms with E-state index in [1.54, 1.807) is 62.4 Å². The first-order chi connectivity index (χ1) is 11.6. The summed E-state index contributed by atoms with van der Waals surface area (Å²) in [4.78, 5) is 13.1. The maximum atomic E-state index is 13.1. The SMILES string of the molecule is CCO[C@@]1(c2ccccc2)Oc2ccccc2C(=O)[C@@]1(O)OCC. The van der Waals surface area contributed by atoms with Gasteiger partial charge in [0.1, 0.15) is 5.75 Å². The van der Waals surface area contributed by atoms with Crippen molar-refractivity contribution in [3.63, 3.8) is 0 Å². The first-order valence-electron chi connectivity index (χ1n) is 7.97. The normalized spacial score (nSPS) is 25.9. The van der Waals surface area contributed by atoms with Gasteiger partial charge in [-0.15, -0.1) is 0 Å². The van der Waals surface area contributed by atoms with Crippen molar-refractivity contribution in [2.45, 2.75) is 25.4 Å². The number of rotatable bonds is 5. The first-order valence-corrected chi connectivity index (χ1v) is 7.97. The molecule has 3 rings (SSSR count). The van der Waals surface area contributed by atoms with Crippen LogP contribution < -0.4 is 4.74 Å². The second-order valence-electron chi connectivity index (χ2n) is 5.42. The molecule has 0 bridgehead atoms. The van der Waals surface area contributed by atoms with Crippen molar-refractivity contribution >= 4 is 5.78 Å². The van der Waals surface area contributed by atoms with Gasteiger partial charge in [0.2, 0.25) is 5.78 Å². The summed E-state index contributed by atoms with van der Waals surface area (Å²) in [5.74, 6) is -4.29. The number of Topliss-reactive ketones (excluding diaryl/α,β-unsaturated/α-hetero) is 1. The highest BCUT2D eigenvalue weighted by molar-refractivity contribution is 6.05. The molecule has 1 N–H and O–H groups in total. The zero-order valence-electron chi connectivity index (χ0n) is 13.7. The minimum atomic E-state index is -2.28. The van der Waals surface area contributed by atoms with E-state index < -0.39 is 17.4 Å². The lowest BCUT2D eigenvalue weighted by Crippen LogP contribution is -2.65. The zero-order valence-corrected chi connectivity index (χ0v) is 13.7. The third-order valence-corrected chi connectivity index (χ3v) is 3.99. The molecule has 24 heavy (non-hydrogen) atoms. The number of benzene rings is 2. The largest absolute Gasteiger partial charge is 0.451 e. The molecule has 1 aliphatic rings. The van der Waals surface area contributed by atoms with Crippen LogP contribution in [0.4, 0.5) is 0 Å². The molecular formula is C19H20O5. The van der Waals surface area contributed by atoms with Crippen LogP contribution >= 0.6 is 0 Å². The summed E-state index contributed by atoms with van der Waals surface area (Å²) in [6, 6.07) is 15.6. The number of aliphatic hydroxyl groups is 1. The van der Waals surface area contributed by atoms with E-state index in [9.17, 15) is 9.90 Å². The number of ketones is 1. The molecule has 0 fully saturated rings. The van der Waals surface area contributed by atoms with E-state index in [0.29, 0.717) is 11.3 Å². The summed E-state index contributed by atoms with van der Waals surface area (Å²) >= 11 is 0. The van der Waals surface area contributed by atoms with E-state index in [1.807, 2.05) is 6.07 Å². The highest BCUT2D eigenvalue weighted by Gasteiger charge is 2.65. The van der Waals surface area contributed by atoms with E-state index >= 15 is 0 Å². The second-order valence-corrected chi connectivity index (χ2v) is 5.42. The number of carbonyl (C=O) groups is 1. The Morgan fingerprint density at radius 3 is 2.25 bits per heavy atom. The number of carbonyl (C=O) groups excluding carboxylic acids is 1. The van der Waals surface area contributed by atoms with Crippen LogP contribution in [0.2, 0.25) is 0 Å². The maximum absolute atomic E-state index is 13.1. The lowest BCUT2D eigenvalue weighted by atomic mass is 9.86. The van der Waals surface area contributed by atoms with Crippen LogP contribution in [-0.4, -0.2) is 29.9 Å². The van der Waals surface area contributed by atoms with Crippen molar-refractivity contribution in [1.29, 1.82) is 0 Å². The third-order valence-electron chi connectivity index (χ3n) is 3.99. The maximum Gasteiger partial charge on any atom is 0.304 e. The van der Waals surface area contributed by atoms with Gasteiger partial charge in [-0.25, -0.2) is 0 Å². The van der Waals surface area contributed by atoms with Crippen LogP contribution in [0, 0.1) is 0 Å². The molecule has 1 aliphatic heterocycles. The summed E-state index contributed by atoms with van der Waals surface area (Å²) in [7, 11) is 0. The number of hydrogen-bond donors (Lipinski definition) is 1. The Morgan fingerprint density at radius 2 is 1.58 bits per heavy atom. The van der Waals surface area contributed by atoms with Gasteiger partial charge in [0.15, 0.2) is 0 Å². The summed E-state index contributed by atoms with van der Waals surface area (Å²) in [5, 5.41) is 11.3.